The summed E-state index contributed by atoms with van der Waals surface area (Å²) >= 11 is 0. The number of likely N-dealkylation sites (N-methyl/N-ethyl adjacent to an activating group) is 1. The first-order valence-corrected chi connectivity index (χ1v) is 14.8. The van der Waals surface area contributed by atoms with Crippen molar-refractivity contribution in [3.63, 3.8) is 0 Å². The summed E-state index contributed by atoms with van der Waals surface area (Å²) in [5.41, 5.74) is 8.40. The van der Waals surface area contributed by atoms with E-state index in [9.17, 15) is 9.47 Å². The van der Waals surface area contributed by atoms with Gasteiger partial charge in [0.05, 0.1) is 28.7 Å². The fraction of sp³-hybridized carbons (Fsp3) is 0.321. The molecule has 8 nitrogen and oxygen atoms in total. The molecule has 0 bridgehead atoms. The Hall–Kier alpha value is -3.74. The highest BCUT2D eigenvalue weighted by molar-refractivity contribution is 7.92. The molecule has 2 aliphatic rings. The molecule has 0 saturated heterocycles. The summed E-state index contributed by atoms with van der Waals surface area (Å²) < 4.78 is 16.7. The zero-order valence-corrected chi connectivity index (χ0v) is 22.0. The van der Waals surface area contributed by atoms with Gasteiger partial charge in [0.15, 0.2) is 0 Å². The van der Waals surface area contributed by atoms with Gasteiger partial charge in [0.2, 0.25) is 5.95 Å². The van der Waals surface area contributed by atoms with Gasteiger partial charge in [-0.05, 0) is 67.1 Å². The molecule has 3 heterocycles. The highest BCUT2D eigenvalue weighted by Gasteiger charge is 2.29. The van der Waals surface area contributed by atoms with Crippen LogP contribution in [0.15, 0.2) is 47.1 Å². The molecular formula is C28H29N7OS. The average Bonchev–Trinajstić information content (AvgIpc) is 3.28. The summed E-state index contributed by atoms with van der Waals surface area (Å²) in [6, 6.07) is 12.3. The zero-order valence-electron chi connectivity index (χ0n) is 21.2. The lowest BCUT2D eigenvalue weighted by Gasteiger charge is -2.37. The number of para-hydroxylation sites is 1. The van der Waals surface area contributed by atoms with Crippen LogP contribution in [0.25, 0.3) is 22.2 Å². The fourth-order valence-corrected chi connectivity index (χ4v) is 6.44. The summed E-state index contributed by atoms with van der Waals surface area (Å²) in [6.07, 6.45) is 10.2. The van der Waals surface area contributed by atoms with Gasteiger partial charge >= 0.3 is 0 Å². The van der Waals surface area contributed by atoms with Gasteiger partial charge in [-0.15, -0.1) is 0 Å². The summed E-state index contributed by atoms with van der Waals surface area (Å²) in [6.45, 7) is 2.07. The molecule has 2 N–H and O–H groups in total. The van der Waals surface area contributed by atoms with Crippen molar-refractivity contribution in [3.05, 3.63) is 65.0 Å². The van der Waals surface area contributed by atoms with Crippen LogP contribution in [0.4, 0.5) is 17.3 Å². The third-order valence-corrected chi connectivity index (χ3v) is 7.80. The number of anilines is 2. The molecule has 1 atom stereocenters. The molecule has 9 heteroatoms. The third kappa shape index (κ3) is 4.47. The lowest BCUT2D eigenvalue weighted by atomic mass is 9.77. The van der Waals surface area contributed by atoms with E-state index in [1.54, 1.807) is 24.3 Å². The normalized spacial score (nSPS) is 17.3. The number of hydrogen-bond donors (Lipinski definition) is 2. The molecule has 1 aliphatic carbocycles. The predicted octanol–water partition coefficient (Wildman–Crippen LogP) is 5.46. The van der Waals surface area contributed by atoms with E-state index in [1.165, 1.54) is 24.0 Å². The maximum atomic E-state index is 12.3. The number of nitrogens with zero attached hydrogens (tertiary/aromatic N) is 5. The molecule has 37 heavy (non-hydrogen) atoms. The third-order valence-electron chi connectivity index (χ3n) is 7.16. The van der Waals surface area contributed by atoms with E-state index in [2.05, 4.69) is 49.8 Å². The molecule has 4 aromatic rings. The van der Waals surface area contributed by atoms with E-state index >= 15 is 0 Å². The molecule has 2 aromatic heterocycles. The van der Waals surface area contributed by atoms with Gasteiger partial charge < -0.3 is 15.2 Å². The van der Waals surface area contributed by atoms with E-state index in [0.29, 0.717) is 28.8 Å². The number of H-pyrrole nitrogens is 1. The van der Waals surface area contributed by atoms with Crippen molar-refractivity contribution in [2.45, 2.75) is 31.7 Å². The first kappa shape index (κ1) is 23.6. The lowest BCUT2D eigenvalue weighted by Crippen LogP contribution is -2.33. The second kappa shape index (κ2) is 8.98. The van der Waals surface area contributed by atoms with E-state index in [0.717, 1.165) is 41.7 Å². The molecule has 2 aromatic carbocycles. The van der Waals surface area contributed by atoms with Crippen molar-refractivity contribution in [2.75, 3.05) is 31.4 Å². The van der Waals surface area contributed by atoms with Crippen LogP contribution in [0.5, 0.6) is 0 Å². The van der Waals surface area contributed by atoms with Crippen molar-refractivity contribution in [3.8, 4) is 17.3 Å². The molecule has 0 radical (unpaired) electrons. The summed E-state index contributed by atoms with van der Waals surface area (Å²) in [5.74, 6) is 1.06. The standard InChI is InChI=1S/C28H29N7OS/c1-35-15-18-7-4-6-17-10-21(11-19(16-35)25(17)18)32-28-31-13-20(12-29)26(33-28)23-14-30-27-22(23)8-5-9-24(27)34-37(2,3)36/h5,8-11,13-14,18,30H,4,6-7,15-16H2,1-3H3,(H,31,32,33). The number of aromatic amines is 1. The first-order valence-electron chi connectivity index (χ1n) is 12.4. The molecule has 0 saturated carbocycles. The van der Waals surface area contributed by atoms with Crippen LogP contribution in [-0.2, 0) is 22.7 Å². The number of rotatable bonds is 4. The Kier molecular flexibility index (Phi) is 5.74. The molecule has 188 valence electrons. The van der Waals surface area contributed by atoms with Crippen LogP contribution in [0.2, 0.25) is 0 Å². The Balaban J connectivity index is 1.41. The molecule has 1 unspecified atom stereocenters. The Bertz CT molecular complexity index is 1700. The first-order chi connectivity index (χ1) is 17.8. The van der Waals surface area contributed by atoms with Crippen LogP contribution in [0.1, 0.15) is 41.0 Å². The topological polar surface area (TPSA) is 110 Å². The summed E-state index contributed by atoms with van der Waals surface area (Å²) in [5, 5.41) is 14.1. The number of nitriles is 1. The number of nitrogens with one attached hydrogen (secondary N) is 2. The number of benzene rings is 2. The second-order valence-corrected chi connectivity index (χ2v) is 12.9. The fourth-order valence-electron chi connectivity index (χ4n) is 5.82. The highest BCUT2D eigenvalue weighted by atomic mass is 32.2. The SMILES string of the molecule is CN1Cc2cc(Nc3ncc(C#N)c(-c4c[nH]c5c(N=S(C)(C)=O)cccc45)n3)cc3c2C(CCC3)C1. The molecule has 1 aliphatic heterocycles. The minimum atomic E-state index is -2.33. The Morgan fingerprint density at radius 1 is 1.27 bits per heavy atom. The van der Waals surface area contributed by atoms with Gasteiger partial charge in [-0.2, -0.15) is 9.62 Å². The van der Waals surface area contributed by atoms with Gasteiger partial charge in [0.1, 0.15) is 6.07 Å². The van der Waals surface area contributed by atoms with Crippen molar-refractivity contribution in [2.24, 2.45) is 4.36 Å². The molecule has 0 spiro atoms. The van der Waals surface area contributed by atoms with Gasteiger partial charge in [-0.3, -0.25) is 0 Å². The Morgan fingerprint density at radius 2 is 2.11 bits per heavy atom. The smallest absolute Gasteiger partial charge is 0.227 e. The van der Waals surface area contributed by atoms with Crippen LogP contribution >= 0.6 is 0 Å². The van der Waals surface area contributed by atoms with Gasteiger partial charge in [0.25, 0.3) is 0 Å². The van der Waals surface area contributed by atoms with Crippen molar-refractivity contribution in [1.29, 1.82) is 5.26 Å². The van der Waals surface area contributed by atoms with Gasteiger partial charge in [-0.25, -0.2) is 14.2 Å². The van der Waals surface area contributed by atoms with E-state index < -0.39 is 9.73 Å². The molecule has 0 amide bonds. The average molecular weight is 512 g/mol. The maximum absolute atomic E-state index is 12.3. The molecule has 6 rings (SSSR count). The summed E-state index contributed by atoms with van der Waals surface area (Å²) in [4.78, 5) is 14.9. The quantitative estimate of drug-likeness (QED) is 0.376. The van der Waals surface area contributed by atoms with Crippen molar-refractivity contribution in [1.82, 2.24) is 19.9 Å². The number of fused-ring (bicyclic) bond motifs is 1. The van der Waals surface area contributed by atoms with E-state index in [4.69, 9.17) is 4.98 Å². The number of aromatic nitrogens is 3. The zero-order chi connectivity index (χ0) is 25.7. The second-order valence-electron chi connectivity index (χ2n) is 10.4. The monoisotopic (exact) mass is 511 g/mol. The van der Waals surface area contributed by atoms with Crippen molar-refractivity contribution < 1.29 is 4.21 Å². The molecular weight excluding hydrogens is 482 g/mol. The maximum Gasteiger partial charge on any atom is 0.227 e. The number of hydrogen-bond acceptors (Lipinski definition) is 7. The highest BCUT2D eigenvalue weighted by Crippen LogP contribution is 2.40. The number of aryl methyl sites for hydroxylation is 1. The minimum absolute atomic E-state index is 0.383. The van der Waals surface area contributed by atoms with Gasteiger partial charge in [0, 0.05) is 58.2 Å². The largest absolute Gasteiger partial charge is 0.359 e. The molecule has 0 fully saturated rings. The Labute approximate surface area is 216 Å². The lowest BCUT2D eigenvalue weighted by molar-refractivity contribution is 0.266. The van der Waals surface area contributed by atoms with Crippen LogP contribution < -0.4 is 5.32 Å². The van der Waals surface area contributed by atoms with Crippen molar-refractivity contribution >= 4 is 38.0 Å². The van der Waals surface area contributed by atoms with Gasteiger partial charge in [-0.1, -0.05) is 12.1 Å². The van der Waals surface area contributed by atoms with Crippen LogP contribution in [-0.4, -0.2) is 50.2 Å². The van der Waals surface area contributed by atoms with Crippen LogP contribution in [0.3, 0.4) is 0 Å². The van der Waals surface area contributed by atoms with Crippen LogP contribution in [0, 0.1) is 11.3 Å². The predicted molar refractivity (Wildman–Crippen MR) is 148 cm³/mol. The van der Waals surface area contributed by atoms with E-state index in [1.807, 2.05) is 24.4 Å². The summed E-state index contributed by atoms with van der Waals surface area (Å²) in [7, 11) is -0.142. The van der Waals surface area contributed by atoms with E-state index in [-0.39, 0.29) is 0 Å². The minimum Gasteiger partial charge on any atom is -0.359 e. The Morgan fingerprint density at radius 3 is 2.92 bits per heavy atom.